The van der Waals surface area contributed by atoms with Gasteiger partial charge in [0.1, 0.15) is 11.6 Å². The molecule has 10 nitrogen and oxygen atoms in total. The zero-order valence-electron chi connectivity index (χ0n) is 20.1. The van der Waals surface area contributed by atoms with E-state index < -0.39 is 29.6 Å². The molecule has 2 heterocycles. The zero-order valence-corrected chi connectivity index (χ0v) is 20.1. The predicted molar refractivity (Wildman–Crippen MR) is 134 cm³/mol. The van der Waals surface area contributed by atoms with Crippen molar-refractivity contribution in [2.24, 2.45) is 0 Å². The Labute approximate surface area is 210 Å². The van der Waals surface area contributed by atoms with Gasteiger partial charge >= 0.3 is 12.0 Å². The Hall–Kier alpha value is -4.93. The number of nitrogens with one attached hydrogen (secondary N) is 4. The topological polar surface area (TPSA) is 150 Å². The van der Waals surface area contributed by atoms with Crippen LogP contribution in [0.4, 0.5) is 20.6 Å². The smallest absolute Gasteiger partial charge is 0.326 e. The molecular formula is C26H23FN4O6. The van der Waals surface area contributed by atoms with Gasteiger partial charge in [0.05, 0.1) is 30.5 Å². The van der Waals surface area contributed by atoms with Gasteiger partial charge < -0.3 is 25.5 Å². The number of hydrogen-bond donors (Lipinski definition) is 5. The number of carboxylic acid groups (broad SMARTS) is 1. The molecule has 0 saturated carbocycles. The number of aromatic amines is 1. The summed E-state index contributed by atoms with van der Waals surface area (Å²) in [6.45, 7) is 3.47. The molecule has 4 rings (SSSR count). The minimum absolute atomic E-state index is 0.172. The van der Waals surface area contributed by atoms with Gasteiger partial charge in [0, 0.05) is 22.5 Å². The van der Waals surface area contributed by atoms with Crippen molar-refractivity contribution in [1.29, 1.82) is 0 Å². The number of aromatic nitrogens is 1. The van der Waals surface area contributed by atoms with Crippen molar-refractivity contribution in [3.63, 3.8) is 0 Å². The number of halogens is 1. The van der Waals surface area contributed by atoms with Gasteiger partial charge in [-0.25, -0.2) is 9.18 Å². The van der Waals surface area contributed by atoms with E-state index in [1.54, 1.807) is 26.0 Å². The molecule has 0 atom stereocenters. The quantitative estimate of drug-likeness (QED) is 0.321. The maximum Gasteiger partial charge on any atom is 0.326 e. The Bertz CT molecular complexity index is 1470. The van der Waals surface area contributed by atoms with Crippen LogP contribution in [0.3, 0.4) is 0 Å². The van der Waals surface area contributed by atoms with Crippen molar-refractivity contribution < 1.29 is 33.4 Å². The lowest BCUT2D eigenvalue weighted by molar-refractivity contribution is -0.136. The number of fused-ring (bicyclic) bond motifs is 1. The van der Waals surface area contributed by atoms with Gasteiger partial charge in [-0.15, -0.1) is 0 Å². The fraction of sp³-hybridized carbons (Fsp3) is 0.154. The number of imide groups is 1. The van der Waals surface area contributed by atoms with E-state index in [9.17, 15) is 23.6 Å². The molecule has 190 valence electrons. The fourth-order valence-corrected chi connectivity index (χ4v) is 4.04. The SMILES string of the molecule is COc1ccc(C(=O)NC(=O)Nc2cc3c(cc2F)C(=Cc2[nH]c(C)c(CC(=O)O)c2C)C(=O)N3)cc1. The number of rotatable bonds is 6. The number of ether oxygens (including phenoxy) is 1. The maximum atomic E-state index is 14.9. The van der Waals surface area contributed by atoms with Gasteiger partial charge in [0.25, 0.3) is 11.8 Å². The summed E-state index contributed by atoms with van der Waals surface area (Å²) < 4.78 is 19.9. The van der Waals surface area contributed by atoms with Crippen LogP contribution in [0.15, 0.2) is 36.4 Å². The second-order valence-corrected chi connectivity index (χ2v) is 8.36. The molecule has 0 fully saturated rings. The van der Waals surface area contributed by atoms with Crippen molar-refractivity contribution in [2.75, 3.05) is 17.7 Å². The van der Waals surface area contributed by atoms with Crippen LogP contribution in [0.1, 0.15) is 38.4 Å². The number of carbonyl (C=O) groups excluding carboxylic acids is 3. The summed E-state index contributed by atoms with van der Waals surface area (Å²) in [7, 11) is 1.48. The summed E-state index contributed by atoms with van der Waals surface area (Å²) in [5.41, 5.74) is 3.15. The van der Waals surface area contributed by atoms with Gasteiger partial charge in [-0.05, 0) is 67.4 Å². The molecule has 0 radical (unpaired) electrons. The molecule has 3 aromatic rings. The molecule has 0 aliphatic carbocycles. The molecule has 0 saturated heterocycles. The number of aryl methyl sites for hydroxylation is 1. The Morgan fingerprint density at radius 1 is 1.14 bits per heavy atom. The second kappa shape index (κ2) is 9.97. The van der Waals surface area contributed by atoms with E-state index in [1.165, 1.54) is 31.4 Å². The zero-order chi connectivity index (χ0) is 26.9. The third-order valence-corrected chi connectivity index (χ3v) is 5.97. The highest BCUT2D eigenvalue weighted by molar-refractivity contribution is 6.35. The Kier molecular flexibility index (Phi) is 6.79. The number of methoxy groups -OCH3 is 1. The molecule has 5 N–H and O–H groups in total. The van der Waals surface area contributed by atoms with Crippen molar-refractivity contribution in [1.82, 2.24) is 10.3 Å². The van der Waals surface area contributed by atoms with Crippen LogP contribution in [0.25, 0.3) is 11.6 Å². The summed E-state index contributed by atoms with van der Waals surface area (Å²) in [5.74, 6) is -2.44. The summed E-state index contributed by atoms with van der Waals surface area (Å²) in [6, 6.07) is 7.46. The number of urea groups is 1. The summed E-state index contributed by atoms with van der Waals surface area (Å²) in [5, 5.41) is 16.2. The van der Waals surface area contributed by atoms with Gasteiger partial charge in [-0.2, -0.15) is 0 Å². The molecule has 4 amide bonds. The highest BCUT2D eigenvalue weighted by Gasteiger charge is 2.27. The number of carbonyl (C=O) groups is 4. The lowest BCUT2D eigenvalue weighted by Gasteiger charge is -2.10. The van der Waals surface area contributed by atoms with Crippen molar-refractivity contribution >= 4 is 46.8 Å². The third-order valence-electron chi connectivity index (χ3n) is 5.97. The average molecular weight is 506 g/mol. The highest BCUT2D eigenvalue weighted by Crippen LogP contribution is 2.37. The maximum absolute atomic E-state index is 14.9. The Balaban J connectivity index is 1.54. The predicted octanol–water partition coefficient (Wildman–Crippen LogP) is 3.86. The molecule has 37 heavy (non-hydrogen) atoms. The van der Waals surface area contributed by atoms with Crippen LogP contribution in [0.2, 0.25) is 0 Å². The average Bonchev–Trinajstić information content (AvgIpc) is 3.28. The summed E-state index contributed by atoms with van der Waals surface area (Å²) in [4.78, 5) is 51.5. The van der Waals surface area contributed by atoms with Gasteiger partial charge in [-0.3, -0.25) is 19.7 Å². The van der Waals surface area contributed by atoms with E-state index in [2.05, 4.69) is 20.9 Å². The number of benzene rings is 2. The van der Waals surface area contributed by atoms with Crippen LogP contribution >= 0.6 is 0 Å². The standard InChI is InChI=1S/C26H23FN4O6/c1-12-16(10-23(32)33)13(2)28-20(12)9-18-17-8-19(27)22(11-21(17)29-25(18)35)30-26(36)31-24(34)14-4-6-15(37-3)7-5-14/h4-9,11,28H,10H2,1-3H3,(H,29,35)(H,32,33)(H2,30,31,34,36). The van der Waals surface area contributed by atoms with E-state index in [1.807, 2.05) is 0 Å². The van der Waals surface area contributed by atoms with E-state index in [0.29, 0.717) is 28.3 Å². The van der Waals surface area contributed by atoms with Crippen LogP contribution < -0.4 is 20.7 Å². The molecule has 0 spiro atoms. The van der Waals surface area contributed by atoms with Crippen LogP contribution in [-0.4, -0.2) is 41.0 Å². The second-order valence-electron chi connectivity index (χ2n) is 8.36. The lowest BCUT2D eigenvalue weighted by atomic mass is 10.0. The lowest BCUT2D eigenvalue weighted by Crippen LogP contribution is -2.34. The first-order chi connectivity index (χ1) is 17.6. The largest absolute Gasteiger partial charge is 0.497 e. The number of anilines is 2. The molecule has 0 unspecified atom stereocenters. The number of amides is 4. The molecule has 2 aromatic carbocycles. The number of H-pyrrole nitrogens is 1. The van der Waals surface area contributed by atoms with Gasteiger partial charge in [0.15, 0.2) is 0 Å². The van der Waals surface area contributed by atoms with Crippen molar-refractivity contribution in [3.05, 3.63) is 75.9 Å². The molecule has 1 aromatic heterocycles. The molecule has 11 heteroatoms. The van der Waals surface area contributed by atoms with Crippen LogP contribution in [0.5, 0.6) is 5.75 Å². The van der Waals surface area contributed by atoms with E-state index in [4.69, 9.17) is 9.84 Å². The number of carboxylic acids is 1. The molecule has 0 bridgehead atoms. The minimum atomic E-state index is -0.981. The van der Waals surface area contributed by atoms with Gasteiger partial charge in [-0.1, -0.05) is 0 Å². The third kappa shape index (κ3) is 5.20. The summed E-state index contributed by atoms with van der Waals surface area (Å²) in [6.07, 6.45) is 1.36. The number of hydrogen-bond acceptors (Lipinski definition) is 5. The van der Waals surface area contributed by atoms with Gasteiger partial charge in [0.2, 0.25) is 0 Å². The Morgan fingerprint density at radius 3 is 2.49 bits per heavy atom. The molecular weight excluding hydrogens is 483 g/mol. The molecule has 1 aliphatic heterocycles. The first kappa shape index (κ1) is 25.2. The fourth-order valence-electron chi connectivity index (χ4n) is 4.04. The van der Waals surface area contributed by atoms with E-state index >= 15 is 0 Å². The highest BCUT2D eigenvalue weighted by atomic mass is 19.1. The van der Waals surface area contributed by atoms with E-state index in [-0.39, 0.29) is 34.5 Å². The Morgan fingerprint density at radius 2 is 1.84 bits per heavy atom. The minimum Gasteiger partial charge on any atom is -0.497 e. The van der Waals surface area contributed by atoms with E-state index in [0.717, 1.165) is 6.07 Å². The van der Waals surface area contributed by atoms with Crippen LogP contribution in [-0.2, 0) is 16.0 Å². The normalized spacial score (nSPS) is 13.2. The van der Waals surface area contributed by atoms with Crippen molar-refractivity contribution in [3.8, 4) is 5.75 Å². The number of aliphatic carboxylic acids is 1. The van der Waals surface area contributed by atoms with Crippen molar-refractivity contribution in [2.45, 2.75) is 20.3 Å². The first-order valence-corrected chi connectivity index (χ1v) is 11.1. The van der Waals surface area contributed by atoms with Crippen LogP contribution in [0, 0.1) is 19.7 Å². The monoisotopic (exact) mass is 506 g/mol. The molecule has 1 aliphatic rings. The first-order valence-electron chi connectivity index (χ1n) is 11.1. The summed E-state index contributed by atoms with van der Waals surface area (Å²) >= 11 is 0.